The summed E-state index contributed by atoms with van der Waals surface area (Å²) in [6.45, 7) is 6.43. The van der Waals surface area contributed by atoms with Crippen LogP contribution in [0.5, 0.6) is 5.75 Å². The Morgan fingerprint density at radius 3 is 2.67 bits per heavy atom. The average Bonchev–Trinajstić information content (AvgIpc) is 2.61. The first-order valence-corrected chi connectivity index (χ1v) is 6.15. The molecule has 1 aromatic rings. The Labute approximate surface area is 107 Å². The Balaban J connectivity index is 1.93. The Morgan fingerprint density at radius 1 is 1.44 bits per heavy atom. The van der Waals surface area contributed by atoms with Crippen molar-refractivity contribution < 1.29 is 14.3 Å². The second-order valence-electron chi connectivity index (χ2n) is 4.98. The van der Waals surface area contributed by atoms with Crippen molar-refractivity contribution in [2.45, 2.75) is 32.6 Å². The van der Waals surface area contributed by atoms with E-state index in [9.17, 15) is 4.79 Å². The van der Waals surface area contributed by atoms with Crippen molar-refractivity contribution in [3.63, 3.8) is 0 Å². The van der Waals surface area contributed by atoms with Crippen LogP contribution in [0.1, 0.15) is 20.8 Å². The summed E-state index contributed by atoms with van der Waals surface area (Å²) in [6.07, 6.45) is 0.0701. The maximum atomic E-state index is 12.1. The number of rotatable bonds is 3. The van der Waals surface area contributed by atoms with Gasteiger partial charge in [-0.1, -0.05) is 18.2 Å². The third-order valence-corrected chi connectivity index (χ3v) is 2.99. The number of hydrogen-bond acceptors (Lipinski definition) is 3. The van der Waals surface area contributed by atoms with Crippen LogP contribution in [0, 0.1) is 0 Å². The molecule has 0 spiro atoms. The van der Waals surface area contributed by atoms with Crippen LogP contribution in [-0.4, -0.2) is 35.8 Å². The highest BCUT2D eigenvalue weighted by molar-refractivity contribution is 5.78. The van der Waals surface area contributed by atoms with Gasteiger partial charge < -0.3 is 14.4 Å². The standard InChI is InChI=1S/C14H19NO3/c1-11-9-15(14(2,3)18-11)13(16)10-17-12-7-5-4-6-8-12/h4-8,11H,9-10H2,1-3H3. The minimum Gasteiger partial charge on any atom is -0.484 e. The maximum absolute atomic E-state index is 12.1. The van der Waals surface area contributed by atoms with Crippen LogP contribution in [0.15, 0.2) is 30.3 Å². The largest absolute Gasteiger partial charge is 0.484 e. The van der Waals surface area contributed by atoms with E-state index < -0.39 is 5.72 Å². The average molecular weight is 249 g/mol. The lowest BCUT2D eigenvalue weighted by Gasteiger charge is -2.29. The second kappa shape index (κ2) is 4.98. The molecule has 0 N–H and O–H groups in total. The van der Waals surface area contributed by atoms with E-state index in [1.807, 2.05) is 51.1 Å². The molecular weight excluding hydrogens is 230 g/mol. The van der Waals surface area contributed by atoms with Gasteiger partial charge in [0.1, 0.15) is 11.5 Å². The molecule has 1 unspecified atom stereocenters. The fourth-order valence-corrected chi connectivity index (χ4v) is 2.21. The lowest BCUT2D eigenvalue weighted by atomic mass is 10.2. The van der Waals surface area contributed by atoms with E-state index in [2.05, 4.69) is 0 Å². The number of ether oxygens (including phenoxy) is 2. The molecule has 1 heterocycles. The molecule has 0 aliphatic carbocycles. The van der Waals surface area contributed by atoms with Crippen LogP contribution < -0.4 is 4.74 Å². The summed E-state index contributed by atoms with van der Waals surface area (Å²) in [6, 6.07) is 9.34. The molecule has 0 radical (unpaired) electrons. The van der Waals surface area contributed by atoms with E-state index in [0.717, 1.165) is 0 Å². The summed E-state index contributed by atoms with van der Waals surface area (Å²) >= 11 is 0. The first-order chi connectivity index (χ1) is 8.49. The predicted molar refractivity (Wildman–Crippen MR) is 68.3 cm³/mol. The molecule has 18 heavy (non-hydrogen) atoms. The minimum absolute atomic E-state index is 0.0452. The predicted octanol–water partition coefficient (Wildman–Crippen LogP) is 2.05. The third kappa shape index (κ3) is 2.82. The lowest BCUT2D eigenvalue weighted by molar-refractivity contribution is -0.147. The Morgan fingerprint density at radius 2 is 2.11 bits per heavy atom. The van der Waals surface area contributed by atoms with Crippen LogP contribution >= 0.6 is 0 Å². The van der Waals surface area contributed by atoms with E-state index >= 15 is 0 Å². The summed E-state index contributed by atoms with van der Waals surface area (Å²) in [4.78, 5) is 13.8. The number of nitrogens with zero attached hydrogens (tertiary/aromatic N) is 1. The fraction of sp³-hybridized carbons (Fsp3) is 0.500. The molecule has 1 aliphatic heterocycles. The molecule has 98 valence electrons. The molecule has 2 rings (SSSR count). The smallest absolute Gasteiger partial charge is 0.262 e. The van der Waals surface area contributed by atoms with Crippen LogP contribution in [-0.2, 0) is 9.53 Å². The number of para-hydroxylation sites is 1. The number of hydrogen-bond donors (Lipinski definition) is 0. The summed E-state index contributed by atoms with van der Waals surface area (Å²) in [7, 11) is 0. The molecule has 1 fully saturated rings. The van der Waals surface area contributed by atoms with Crippen molar-refractivity contribution in [3.8, 4) is 5.75 Å². The van der Waals surface area contributed by atoms with Crippen molar-refractivity contribution in [2.24, 2.45) is 0 Å². The van der Waals surface area contributed by atoms with Gasteiger partial charge in [-0.3, -0.25) is 4.79 Å². The lowest BCUT2D eigenvalue weighted by Crippen LogP contribution is -2.45. The van der Waals surface area contributed by atoms with Gasteiger partial charge >= 0.3 is 0 Å². The Hall–Kier alpha value is -1.55. The van der Waals surface area contributed by atoms with Crippen molar-refractivity contribution in [1.29, 1.82) is 0 Å². The number of benzene rings is 1. The zero-order chi connectivity index (χ0) is 13.2. The SMILES string of the molecule is CC1CN(C(=O)COc2ccccc2)C(C)(C)O1. The van der Waals surface area contributed by atoms with Crippen LogP contribution in [0.3, 0.4) is 0 Å². The molecule has 4 heteroatoms. The fourth-order valence-electron chi connectivity index (χ4n) is 2.21. The van der Waals surface area contributed by atoms with E-state index in [1.165, 1.54) is 0 Å². The number of carbonyl (C=O) groups excluding carboxylic acids is 1. The molecular formula is C14H19NO3. The first-order valence-electron chi connectivity index (χ1n) is 6.15. The molecule has 0 bridgehead atoms. The monoisotopic (exact) mass is 249 g/mol. The Bertz CT molecular complexity index is 416. The Kier molecular flexibility index (Phi) is 3.57. The quantitative estimate of drug-likeness (QED) is 0.823. The zero-order valence-corrected chi connectivity index (χ0v) is 11.1. The van der Waals surface area contributed by atoms with Gasteiger partial charge in [0.15, 0.2) is 6.61 Å². The van der Waals surface area contributed by atoms with Gasteiger partial charge in [0.2, 0.25) is 0 Å². The van der Waals surface area contributed by atoms with E-state index in [0.29, 0.717) is 12.3 Å². The van der Waals surface area contributed by atoms with Gasteiger partial charge in [-0.05, 0) is 32.9 Å². The van der Waals surface area contributed by atoms with Gasteiger partial charge in [0, 0.05) is 6.54 Å². The second-order valence-corrected chi connectivity index (χ2v) is 4.98. The summed E-state index contributed by atoms with van der Waals surface area (Å²) < 4.78 is 11.1. The van der Waals surface area contributed by atoms with Gasteiger partial charge in [-0.25, -0.2) is 0 Å². The molecule has 4 nitrogen and oxygen atoms in total. The normalized spacial score (nSPS) is 21.9. The zero-order valence-electron chi connectivity index (χ0n) is 11.1. The van der Waals surface area contributed by atoms with Crippen molar-refractivity contribution in [3.05, 3.63) is 30.3 Å². The molecule has 0 aromatic heterocycles. The number of amides is 1. The van der Waals surface area contributed by atoms with Crippen LogP contribution in [0.4, 0.5) is 0 Å². The first kappa shape index (κ1) is 12.9. The van der Waals surface area contributed by atoms with Crippen molar-refractivity contribution in [2.75, 3.05) is 13.2 Å². The molecule has 1 atom stereocenters. The van der Waals surface area contributed by atoms with Gasteiger partial charge in [0.25, 0.3) is 5.91 Å². The minimum atomic E-state index is -0.545. The molecule has 0 saturated carbocycles. The molecule has 1 amide bonds. The van der Waals surface area contributed by atoms with E-state index in [-0.39, 0.29) is 18.6 Å². The molecule has 1 aliphatic rings. The summed E-state index contributed by atoms with van der Waals surface area (Å²) in [5.74, 6) is 0.657. The van der Waals surface area contributed by atoms with Gasteiger partial charge in [-0.15, -0.1) is 0 Å². The van der Waals surface area contributed by atoms with E-state index in [1.54, 1.807) is 4.90 Å². The molecule has 1 aromatic carbocycles. The highest BCUT2D eigenvalue weighted by atomic mass is 16.5. The van der Waals surface area contributed by atoms with Crippen molar-refractivity contribution in [1.82, 2.24) is 4.90 Å². The highest BCUT2D eigenvalue weighted by Gasteiger charge is 2.40. The summed E-state index contributed by atoms with van der Waals surface area (Å²) in [5, 5.41) is 0. The van der Waals surface area contributed by atoms with Crippen LogP contribution in [0.25, 0.3) is 0 Å². The van der Waals surface area contributed by atoms with Crippen molar-refractivity contribution >= 4 is 5.91 Å². The summed E-state index contributed by atoms with van der Waals surface area (Å²) in [5.41, 5.74) is -0.545. The van der Waals surface area contributed by atoms with E-state index in [4.69, 9.17) is 9.47 Å². The highest BCUT2D eigenvalue weighted by Crippen LogP contribution is 2.26. The number of carbonyl (C=O) groups is 1. The molecule has 1 saturated heterocycles. The topological polar surface area (TPSA) is 38.8 Å². The third-order valence-electron chi connectivity index (χ3n) is 2.99. The van der Waals surface area contributed by atoms with Gasteiger partial charge in [-0.2, -0.15) is 0 Å². The maximum Gasteiger partial charge on any atom is 0.262 e. The van der Waals surface area contributed by atoms with Crippen LogP contribution in [0.2, 0.25) is 0 Å². The van der Waals surface area contributed by atoms with Gasteiger partial charge in [0.05, 0.1) is 6.10 Å².